The van der Waals surface area contributed by atoms with Gasteiger partial charge in [0.25, 0.3) is 0 Å². The number of nitrogens with zero attached hydrogens (tertiary/aromatic N) is 2. The molecule has 6 nitrogen and oxygen atoms in total. The first-order valence-electron chi connectivity index (χ1n) is 8.97. The number of aliphatic imine (C=N–C) groups is 1. The molecule has 2 heterocycles. The third-order valence-corrected chi connectivity index (χ3v) is 5.26. The number of aromatic nitrogens is 1. The van der Waals surface area contributed by atoms with Gasteiger partial charge in [-0.3, -0.25) is 4.99 Å². The highest BCUT2D eigenvalue weighted by Gasteiger charge is 2.20. The fraction of sp³-hybridized carbons (Fsp3) is 0.474. The second kappa shape index (κ2) is 10.7. The first-order chi connectivity index (χ1) is 12.7. The molecule has 1 aliphatic heterocycles. The molecule has 0 aliphatic carbocycles. The maximum atomic E-state index is 5.95. The van der Waals surface area contributed by atoms with Gasteiger partial charge in [-0.05, 0) is 25.5 Å². The molecule has 0 radical (unpaired) electrons. The van der Waals surface area contributed by atoms with E-state index in [9.17, 15) is 0 Å². The van der Waals surface area contributed by atoms with Crippen LogP contribution in [0.4, 0.5) is 0 Å². The van der Waals surface area contributed by atoms with E-state index < -0.39 is 0 Å². The lowest BCUT2D eigenvalue weighted by molar-refractivity contribution is 0.0936. The van der Waals surface area contributed by atoms with E-state index in [4.69, 9.17) is 9.47 Å². The number of ether oxygens (including phenoxy) is 2. The molecule has 148 valence electrons. The lowest BCUT2D eigenvalue weighted by Gasteiger charge is -2.27. The molecular weight excluding hydrogens is 475 g/mol. The molecule has 1 aromatic heterocycles. The van der Waals surface area contributed by atoms with Gasteiger partial charge in [0, 0.05) is 24.9 Å². The first-order valence-corrected chi connectivity index (χ1v) is 9.79. The quantitative estimate of drug-likeness (QED) is 0.361. The molecule has 2 aromatic rings. The van der Waals surface area contributed by atoms with Gasteiger partial charge >= 0.3 is 0 Å². The van der Waals surface area contributed by atoms with E-state index >= 15 is 0 Å². The van der Waals surface area contributed by atoms with Crippen LogP contribution in [0, 0.1) is 6.92 Å². The number of para-hydroxylation sites is 2. The molecule has 0 bridgehead atoms. The number of fused-ring (bicyclic) bond motifs is 1. The van der Waals surface area contributed by atoms with Gasteiger partial charge in [-0.1, -0.05) is 19.1 Å². The van der Waals surface area contributed by atoms with Crippen molar-refractivity contribution in [1.29, 1.82) is 0 Å². The van der Waals surface area contributed by atoms with Gasteiger partial charge in [0.15, 0.2) is 17.5 Å². The Kier molecular flexibility index (Phi) is 8.62. The van der Waals surface area contributed by atoms with Crippen LogP contribution >= 0.6 is 35.3 Å². The normalized spacial score (nSPS) is 15.8. The van der Waals surface area contributed by atoms with Crippen molar-refractivity contribution in [2.45, 2.75) is 32.8 Å². The van der Waals surface area contributed by atoms with Crippen molar-refractivity contribution in [2.75, 3.05) is 26.7 Å². The number of benzene rings is 1. The van der Waals surface area contributed by atoms with E-state index in [2.05, 4.69) is 34.5 Å². The molecule has 2 N–H and O–H groups in total. The van der Waals surface area contributed by atoms with Crippen LogP contribution in [0.15, 0.2) is 29.3 Å². The summed E-state index contributed by atoms with van der Waals surface area (Å²) in [5.41, 5.74) is 1.21. The van der Waals surface area contributed by atoms with Gasteiger partial charge in [0.2, 0.25) is 0 Å². The zero-order valence-electron chi connectivity index (χ0n) is 15.9. The number of halogens is 1. The highest BCUT2D eigenvalue weighted by molar-refractivity contribution is 14.0. The molecule has 1 aliphatic rings. The van der Waals surface area contributed by atoms with Crippen LogP contribution in [0.5, 0.6) is 11.5 Å². The van der Waals surface area contributed by atoms with E-state index in [0.717, 1.165) is 36.8 Å². The Labute approximate surface area is 181 Å². The molecule has 1 aromatic carbocycles. The lowest BCUT2D eigenvalue weighted by Crippen LogP contribution is -2.45. The minimum Gasteiger partial charge on any atom is -0.486 e. The number of nitrogens with one attached hydrogen (secondary N) is 2. The fourth-order valence-electron chi connectivity index (χ4n) is 2.81. The van der Waals surface area contributed by atoms with E-state index in [1.54, 1.807) is 18.4 Å². The molecule has 0 fully saturated rings. The largest absolute Gasteiger partial charge is 0.486 e. The topological polar surface area (TPSA) is 67.8 Å². The molecule has 1 atom stereocenters. The molecule has 0 saturated carbocycles. The van der Waals surface area contributed by atoms with Crippen molar-refractivity contribution in [3.05, 3.63) is 39.8 Å². The summed E-state index contributed by atoms with van der Waals surface area (Å²) < 4.78 is 11.7. The Morgan fingerprint density at radius 2 is 2.07 bits per heavy atom. The van der Waals surface area contributed by atoms with Crippen LogP contribution in [-0.2, 0) is 12.8 Å². The van der Waals surface area contributed by atoms with Crippen LogP contribution < -0.4 is 20.1 Å². The van der Waals surface area contributed by atoms with Crippen molar-refractivity contribution >= 4 is 41.3 Å². The van der Waals surface area contributed by atoms with Gasteiger partial charge < -0.3 is 20.1 Å². The van der Waals surface area contributed by atoms with Gasteiger partial charge in [-0.25, -0.2) is 4.98 Å². The molecule has 27 heavy (non-hydrogen) atoms. The minimum atomic E-state index is -0.0443. The van der Waals surface area contributed by atoms with Crippen LogP contribution in [-0.4, -0.2) is 43.8 Å². The molecule has 0 amide bonds. The Hall–Kier alpha value is -1.55. The third kappa shape index (κ3) is 5.97. The van der Waals surface area contributed by atoms with Crippen LogP contribution in [0.1, 0.15) is 22.5 Å². The minimum absolute atomic E-state index is 0. The summed E-state index contributed by atoms with van der Waals surface area (Å²) >= 11 is 1.78. The summed E-state index contributed by atoms with van der Waals surface area (Å²) in [4.78, 5) is 10.3. The van der Waals surface area contributed by atoms with Crippen molar-refractivity contribution in [3.63, 3.8) is 0 Å². The molecule has 8 heteroatoms. The van der Waals surface area contributed by atoms with E-state index in [-0.39, 0.29) is 30.1 Å². The second-order valence-electron chi connectivity index (χ2n) is 6.09. The predicted molar refractivity (Wildman–Crippen MR) is 121 cm³/mol. The van der Waals surface area contributed by atoms with Gasteiger partial charge in [-0.2, -0.15) is 0 Å². The summed E-state index contributed by atoms with van der Waals surface area (Å²) in [7, 11) is 1.77. The van der Waals surface area contributed by atoms with E-state index in [1.165, 1.54) is 15.6 Å². The third-order valence-electron chi connectivity index (χ3n) is 4.19. The maximum absolute atomic E-state index is 5.95. The summed E-state index contributed by atoms with van der Waals surface area (Å²) in [6.45, 7) is 6.23. The zero-order chi connectivity index (χ0) is 18.4. The monoisotopic (exact) mass is 502 g/mol. The van der Waals surface area contributed by atoms with Crippen LogP contribution in [0.2, 0.25) is 0 Å². The van der Waals surface area contributed by atoms with E-state index in [1.807, 2.05) is 24.3 Å². The van der Waals surface area contributed by atoms with Gasteiger partial charge in [0.1, 0.15) is 12.7 Å². The van der Waals surface area contributed by atoms with Gasteiger partial charge in [0.05, 0.1) is 17.2 Å². The number of thiazole rings is 1. The Morgan fingerprint density at radius 1 is 1.30 bits per heavy atom. The molecule has 1 unspecified atom stereocenters. The average Bonchev–Trinajstić information content (AvgIpc) is 3.04. The Bertz CT molecular complexity index is 766. The van der Waals surface area contributed by atoms with Crippen LogP contribution in [0.25, 0.3) is 0 Å². The highest BCUT2D eigenvalue weighted by atomic mass is 127. The number of aryl methyl sites for hydroxylation is 2. The van der Waals surface area contributed by atoms with Crippen LogP contribution in [0.3, 0.4) is 0 Å². The first kappa shape index (κ1) is 21.7. The number of guanidine groups is 1. The SMILES string of the molecule is CCc1nc(CCNC(=NC)NCC2COc3ccccc3O2)sc1C.I. The standard InChI is InChI=1S/C19H26N4O2S.HI/c1-4-15-13(2)26-18(23-15)9-10-21-19(20-3)22-11-14-12-24-16-7-5-6-8-17(16)25-14;/h5-8,14H,4,9-12H2,1-3H3,(H2,20,21,22);1H. The van der Waals surface area contributed by atoms with Crippen molar-refractivity contribution in [1.82, 2.24) is 15.6 Å². The zero-order valence-corrected chi connectivity index (χ0v) is 19.1. The summed E-state index contributed by atoms with van der Waals surface area (Å²) in [6, 6.07) is 7.74. The Balaban J connectivity index is 0.00000261. The lowest BCUT2D eigenvalue weighted by atomic mass is 10.2. The summed E-state index contributed by atoms with van der Waals surface area (Å²) in [6.07, 6.45) is 1.84. The fourth-order valence-corrected chi connectivity index (χ4v) is 3.83. The smallest absolute Gasteiger partial charge is 0.191 e. The molecular formula is C19H27IN4O2S. The number of hydrogen-bond donors (Lipinski definition) is 2. The predicted octanol–water partition coefficient (Wildman–Crippen LogP) is 3.18. The number of rotatable bonds is 6. The summed E-state index contributed by atoms with van der Waals surface area (Å²) in [5, 5.41) is 7.80. The molecule has 0 saturated heterocycles. The highest BCUT2D eigenvalue weighted by Crippen LogP contribution is 2.30. The summed E-state index contributed by atoms with van der Waals surface area (Å²) in [5.74, 6) is 2.35. The van der Waals surface area contributed by atoms with E-state index in [0.29, 0.717) is 13.2 Å². The van der Waals surface area contributed by atoms with Crippen molar-refractivity contribution in [3.8, 4) is 11.5 Å². The van der Waals surface area contributed by atoms with Gasteiger partial charge in [-0.15, -0.1) is 35.3 Å². The molecule has 0 spiro atoms. The van der Waals surface area contributed by atoms with Crippen molar-refractivity contribution < 1.29 is 9.47 Å². The average molecular weight is 502 g/mol. The Morgan fingerprint density at radius 3 is 2.78 bits per heavy atom. The molecule has 3 rings (SSSR count). The van der Waals surface area contributed by atoms with Crippen molar-refractivity contribution in [2.24, 2.45) is 4.99 Å². The number of hydrogen-bond acceptors (Lipinski definition) is 5. The maximum Gasteiger partial charge on any atom is 0.191 e. The second-order valence-corrected chi connectivity index (χ2v) is 7.38.